The fourth-order valence-corrected chi connectivity index (χ4v) is 3.01. The number of aryl methyl sites for hydroxylation is 2. The number of ether oxygens (including phenoxy) is 1. The number of hydrogen-bond acceptors (Lipinski definition) is 4. The number of rotatable bonds is 6. The standard InChI is InChI=1S/C24H23N3O4/c1-15-11-12-16(2)20(13-15)27-22(28)21(17-7-4-3-5-8-17)31-23(29)18-9-6-10-19(14-18)26-24(25)30/h3-14,21H,1-2H3,(H,27,28)(H3,25,26,30)/t21-/m1/s1. The van der Waals surface area contributed by atoms with Gasteiger partial charge >= 0.3 is 12.0 Å². The van der Waals surface area contributed by atoms with Gasteiger partial charge in [0.15, 0.2) is 0 Å². The van der Waals surface area contributed by atoms with Crippen molar-refractivity contribution in [2.75, 3.05) is 10.6 Å². The van der Waals surface area contributed by atoms with Crippen molar-refractivity contribution in [3.8, 4) is 0 Å². The van der Waals surface area contributed by atoms with Gasteiger partial charge in [0.05, 0.1) is 5.56 Å². The minimum Gasteiger partial charge on any atom is -0.444 e. The highest BCUT2D eigenvalue weighted by atomic mass is 16.5. The van der Waals surface area contributed by atoms with Gasteiger partial charge < -0.3 is 21.1 Å². The SMILES string of the molecule is Cc1ccc(C)c(NC(=O)[C@H](OC(=O)c2cccc(NC(N)=O)c2)c2ccccc2)c1. The van der Waals surface area contributed by atoms with E-state index in [1.165, 1.54) is 12.1 Å². The van der Waals surface area contributed by atoms with Gasteiger partial charge in [0.2, 0.25) is 6.10 Å². The zero-order chi connectivity index (χ0) is 22.4. The number of nitrogens with one attached hydrogen (secondary N) is 2. The van der Waals surface area contributed by atoms with Gasteiger partial charge in [-0.05, 0) is 49.2 Å². The van der Waals surface area contributed by atoms with Crippen molar-refractivity contribution in [1.29, 1.82) is 0 Å². The van der Waals surface area contributed by atoms with Crippen LogP contribution in [0, 0.1) is 13.8 Å². The summed E-state index contributed by atoms with van der Waals surface area (Å²) in [6.07, 6.45) is -1.17. The number of anilines is 2. The summed E-state index contributed by atoms with van der Waals surface area (Å²) in [5.74, 6) is -1.18. The lowest BCUT2D eigenvalue weighted by molar-refractivity contribution is -0.125. The largest absolute Gasteiger partial charge is 0.444 e. The van der Waals surface area contributed by atoms with Crippen LogP contribution in [0.25, 0.3) is 0 Å². The highest BCUT2D eigenvalue weighted by molar-refractivity contribution is 5.99. The number of nitrogens with two attached hydrogens (primary N) is 1. The van der Waals surface area contributed by atoms with Crippen molar-refractivity contribution in [3.63, 3.8) is 0 Å². The summed E-state index contributed by atoms with van der Waals surface area (Å²) in [6.45, 7) is 3.81. The van der Waals surface area contributed by atoms with Crippen LogP contribution in [0.15, 0.2) is 72.8 Å². The van der Waals surface area contributed by atoms with Gasteiger partial charge in [0, 0.05) is 16.9 Å². The van der Waals surface area contributed by atoms with Crippen LogP contribution in [0.2, 0.25) is 0 Å². The molecule has 0 aromatic heterocycles. The lowest BCUT2D eigenvalue weighted by Gasteiger charge is -2.19. The molecule has 0 aliphatic carbocycles. The Balaban J connectivity index is 1.86. The molecule has 0 saturated carbocycles. The van der Waals surface area contributed by atoms with Crippen molar-refractivity contribution >= 4 is 29.3 Å². The summed E-state index contributed by atoms with van der Waals surface area (Å²) in [6, 6.07) is 19.9. The molecule has 0 heterocycles. The van der Waals surface area contributed by atoms with E-state index in [0.29, 0.717) is 16.9 Å². The lowest BCUT2D eigenvalue weighted by atomic mass is 10.1. The first-order valence-corrected chi connectivity index (χ1v) is 9.64. The Morgan fingerprint density at radius 1 is 0.871 bits per heavy atom. The molecule has 3 aromatic carbocycles. The number of urea groups is 1. The van der Waals surface area contributed by atoms with Gasteiger partial charge in [-0.1, -0.05) is 48.5 Å². The molecule has 158 valence electrons. The lowest BCUT2D eigenvalue weighted by Crippen LogP contribution is -2.26. The van der Waals surface area contributed by atoms with E-state index in [1.807, 2.05) is 38.1 Å². The Morgan fingerprint density at radius 3 is 2.32 bits per heavy atom. The minimum absolute atomic E-state index is 0.173. The van der Waals surface area contributed by atoms with E-state index in [4.69, 9.17) is 10.5 Å². The molecule has 0 aliphatic rings. The summed E-state index contributed by atoms with van der Waals surface area (Å²) < 4.78 is 5.59. The monoisotopic (exact) mass is 417 g/mol. The number of primary amides is 1. The van der Waals surface area contributed by atoms with Crippen molar-refractivity contribution in [3.05, 3.63) is 95.1 Å². The van der Waals surface area contributed by atoms with E-state index in [0.717, 1.165) is 11.1 Å². The Labute approximate surface area is 180 Å². The Hall–Kier alpha value is -4.13. The predicted octanol–water partition coefficient (Wildman–Crippen LogP) is 4.33. The third-order valence-corrected chi connectivity index (χ3v) is 4.58. The Bertz CT molecular complexity index is 1110. The van der Waals surface area contributed by atoms with Crippen LogP contribution >= 0.6 is 0 Å². The maximum atomic E-state index is 13.1. The average Bonchev–Trinajstić information content (AvgIpc) is 2.74. The summed E-state index contributed by atoms with van der Waals surface area (Å²) in [4.78, 5) is 37.0. The van der Waals surface area contributed by atoms with Crippen molar-refractivity contribution < 1.29 is 19.1 Å². The molecular weight excluding hydrogens is 394 g/mol. The van der Waals surface area contributed by atoms with Crippen LogP contribution in [0.5, 0.6) is 0 Å². The zero-order valence-electron chi connectivity index (χ0n) is 17.2. The minimum atomic E-state index is -1.17. The number of hydrogen-bond donors (Lipinski definition) is 3. The molecule has 0 fully saturated rings. The molecule has 3 aromatic rings. The first-order valence-electron chi connectivity index (χ1n) is 9.64. The van der Waals surface area contributed by atoms with E-state index >= 15 is 0 Å². The molecule has 3 amide bonds. The van der Waals surface area contributed by atoms with Gasteiger partial charge in [-0.15, -0.1) is 0 Å². The van der Waals surface area contributed by atoms with E-state index in [9.17, 15) is 14.4 Å². The van der Waals surface area contributed by atoms with E-state index < -0.39 is 24.0 Å². The summed E-state index contributed by atoms with van der Waals surface area (Å²) in [5, 5.41) is 5.26. The highest BCUT2D eigenvalue weighted by Crippen LogP contribution is 2.24. The Kier molecular flexibility index (Phi) is 6.67. The second-order valence-electron chi connectivity index (χ2n) is 7.07. The average molecular weight is 417 g/mol. The predicted molar refractivity (Wildman–Crippen MR) is 119 cm³/mol. The topological polar surface area (TPSA) is 111 Å². The van der Waals surface area contributed by atoms with Gasteiger partial charge in [-0.25, -0.2) is 9.59 Å². The van der Waals surface area contributed by atoms with Gasteiger partial charge in [-0.2, -0.15) is 0 Å². The second-order valence-corrected chi connectivity index (χ2v) is 7.07. The van der Waals surface area contributed by atoms with Crippen LogP contribution in [-0.4, -0.2) is 17.9 Å². The van der Waals surface area contributed by atoms with Crippen molar-refractivity contribution in [2.24, 2.45) is 5.73 Å². The molecule has 0 spiro atoms. The van der Waals surface area contributed by atoms with Gasteiger partial charge in [0.1, 0.15) is 0 Å². The van der Waals surface area contributed by atoms with Crippen LogP contribution in [0.4, 0.5) is 16.2 Å². The molecule has 0 aliphatic heterocycles. The third-order valence-electron chi connectivity index (χ3n) is 4.58. The van der Waals surface area contributed by atoms with Gasteiger partial charge in [0.25, 0.3) is 5.91 Å². The summed E-state index contributed by atoms with van der Waals surface area (Å²) in [5.41, 5.74) is 8.71. The molecule has 7 heteroatoms. The smallest absolute Gasteiger partial charge is 0.339 e. The number of carbonyl (C=O) groups is 3. The van der Waals surface area contributed by atoms with Crippen molar-refractivity contribution in [2.45, 2.75) is 20.0 Å². The maximum Gasteiger partial charge on any atom is 0.339 e. The van der Waals surface area contributed by atoms with Gasteiger partial charge in [-0.3, -0.25) is 4.79 Å². The van der Waals surface area contributed by atoms with Crippen LogP contribution in [-0.2, 0) is 9.53 Å². The molecule has 0 bridgehead atoms. The fourth-order valence-electron chi connectivity index (χ4n) is 3.01. The third kappa shape index (κ3) is 5.70. The van der Waals surface area contributed by atoms with Crippen LogP contribution in [0.1, 0.15) is 33.2 Å². The molecule has 4 N–H and O–H groups in total. The summed E-state index contributed by atoms with van der Waals surface area (Å²) >= 11 is 0. The molecule has 0 radical (unpaired) electrons. The summed E-state index contributed by atoms with van der Waals surface area (Å²) in [7, 11) is 0. The molecule has 3 rings (SSSR count). The highest BCUT2D eigenvalue weighted by Gasteiger charge is 2.26. The number of carbonyl (C=O) groups excluding carboxylic acids is 3. The van der Waals surface area contributed by atoms with E-state index in [1.54, 1.807) is 36.4 Å². The molecule has 0 saturated heterocycles. The maximum absolute atomic E-state index is 13.1. The first-order chi connectivity index (χ1) is 14.8. The van der Waals surface area contributed by atoms with E-state index in [2.05, 4.69) is 10.6 Å². The number of esters is 1. The molecular formula is C24H23N3O4. The molecule has 31 heavy (non-hydrogen) atoms. The second kappa shape index (κ2) is 9.58. The van der Waals surface area contributed by atoms with Crippen LogP contribution < -0.4 is 16.4 Å². The zero-order valence-corrected chi connectivity index (χ0v) is 17.2. The van der Waals surface area contributed by atoms with Crippen LogP contribution in [0.3, 0.4) is 0 Å². The quantitative estimate of drug-likeness (QED) is 0.518. The normalized spacial score (nSPS) is 11.3. The molecule has 7 nitrogen and oxygen atoms in total. The first kappa shape index (κ1) is 21.6. The molecule has 1 atom stereocenters. The fraction of sp³-hybridized carbons (Fsp3) is 0.125. The molecule has 0 unspecified atom stereocenters. The van der Waals surface area contributed by atoms with E-state index in [-0.39, 0.29) is 5.56 Å². The van der Waals surface area contributed by atoms with Crippen molar-refractivity contribution in [1.82, 2.24) is 0 Å². The number of benzene rings is 3. The number of amides is 3. The Morgan fingerprint density at radius 2 is 1.61 bits per heavy atom.